The molecule has 1 unspecified atom stereocenters. The Bertz CT molecular complexity index is 886. The molecule has 0 fully saturated rings. The lowest BCUT2D eigenvalue weighted by Crippen LogP contribution is -2.32. The normalized spacial score (nSPS) is 12.4. The zero-order valence-corrected chi connectivity index (χ0v) is 17.7. The van der Waals surface area contributed by atoms with Crippen molar-refractivity contribution in [1.29, 1.82) is 0 Å². The van der Waals surface area contributed by atoms with Gasteiger partial charge in [0.1, 0.15) is 5.65 Å². The Morgan fingerprint density at radius 3 is 2.68 bits per heavy atom. The molecule has 0 spiro atoms. The van der Waals surface area contributed by atoms with Gasteiger partial charge in [-0.15, -0.1) is 11.8 Å². The molecule has 0 saturated carbocycles. The Balaban J connectivity index is 1.61. The van der Waals surface area contributed by atoms with Crippen molar-refractivity contribution in [3.8, 4) is 0 Å². The van der Waals surface area contributed by atoms with Crippen LogP contribution in [0.3, 0.4) is 0 Å². The molecule has 4 nitrogen and oxygen atoms in total. The quantitative estimate of drug-likeness (QED) is 0.482. The van der Waals surface area contributed by atoms with E-state index in [-0.39, 0.29) is 11.9 Å². The van der Waals surface area contributed by atoms with Crippen LogP contribution in [0.15, 0.2) is 59.8 Å². The minimum atomic E-state index is 0.00940. The molecule has 0 aliphatic rings. The molecule has 0 saturated heterocycles. The number of pyridine rings is 1. The van der Waals surface area contributed by atoms with Gasteiger partial charge in [0.05, 0.1) is 11.3 Å². The molecule has 1 N–H and O–H groups in total. The number of benzene rings is 1. The second-order valence-corrected chi connectivity index (χ2v) is 8.70. The van der Waals surface area contributed by atoms with Gasteiger partial charge >= 0.3 is 0 Å². The van der Waals surface area contributed by atoms with Crippen molar-refractivity contribution in [2.75, 3.05) is 0 Å². The summed E-state index contributed by atoms with van der Waals surface area (Å²) in [4.78, 5) is 18.4. The van der Waals surface area contributed by atoms with Gasteiger partial charge in [0.15, 0.2) is 0 Å². The number of rotatable bonds is 9. The highest BCUT2D eigenvalue weighted by Gasteiger charge is 2.14. The monoisotopic (exact) mass is 395 g/mol. The van der Waals surface area contributed by atoms with Crippen LogP contribution in [0.4, 0.5) is 0 Å². The molecule has 2 heterocycles. The molecule has 0 bridgehead atoms. The Labute approximate surface area is 171 Å². The third-order valence-electron chi connectivity index (χ3n) is 4.72. The molecule has 1 amide bonds. The van der Waals surface area contributed by atoms with Gasteiger partial charge in [-0.2, -0.15) is 0 Å². The van der Waals surface area contributed by atoms with Gasteiger partial charge in [-0.3, -0.25) is 4.79 Å². The number of amides is 1. The van der Waals surface area contributed by atoms with E-state index in [4.69, 9.17) is 0 Å². The molecule has 5 heteroatoms. The van der Waals surface area contributed by atoms with Gasteiger partial charge in [-0.1, -0.05) is 44.9 Å². The zero-order chi connectivity index (χ0) is 19.9. The Morgan fingerprint density at radius 2 is 1.89 bits per heavy atom. The van der Waals surface area contributed by atoms with Crippen molar-refractivity contribution in [2.45, 2.75) is 56.7 Å². The van der Waals surface area contributed by atoms with Crippen LogP contribution in [-0.4, -0.2) is 21.3 Å². The molecule has 3 aromatic rings. The van der Waals surface area contributed by atoms with E-state index in [0.717, 1.165) is 40.4 Å². The third-order valence-corrected chi connectivity index (χ3v) is 5.82. The molecule has 0 aliphatic heterocycles. The summed E-state index contributed by atoms with van der Waals surface area (Å²) in [7, 11) is 0. The number of hydrogen-bond acceptors (Lipinski definition) is 3. The number of carbonyl (C=O) groups excluding carboxylic acids is 1. The third kappa shape index (κ3) is 5.61. The van der Waals surface area contributed by atoms with E-state index in [2.05, 4.69) is 31.1 Å². The van der Waals surface area contributed by atoms with Crippen LogP contribution in [0, 0.1) is 5.92 Å². The van der Waals surface area contributed by atoms with Gasteiger partial charge < -0.3 is 9.72 Å². The van der Waals surface area contributed by atoms with Crippen LogP contribution >= 0.6 is 11.8 Å². The van der Waals surface area contributed by atoms with Gasteiger partial charge in [-0.05, 0) is 43.5 Å². The van der Waals surface area contributed by atoms with E-state index in [9.17, 15) is 4.79 Å². The van der Waals surface area contributed by atoms with Crippen molar-refractivity contribution < 1.29 is 4.79 Å². The van der Waals surface area contributed by atoms with Gasteiger partial charge in [0.25, 0.3) is 5.91 Å². The summed E-state index contributed by atoms with van der Waals surface area (Å²) in [6.07, 6.45) is 7.40. The van der Waals surface area contributed by atoms with Crippen LogP contribution in [0.2, 0.25) is 0 Å². The molecule has 0 aliphatic carbocycles. The van der Waals surface area contributed by atoms with E-state index in [1.807, 2.05) is 59.3 Å². The highest BCUT2D eigenvalue weighted by molar-refractivity contribution is 7.98. The number of imidazole rings is 1. The van der Waals surface area contributed by atoms with Crippen LogP contribution in [0.1, 0.15) is 56.1 Å². The number of hydrogen-bond donors (Lipinski definition) is 1. The first-order valence-corrected chi connectivity index (χ1v) is 11.0. The maximum absolute atomic E-state index is 12.8. The molecule has 28 heavy (non-hydrogen) atoms. The van der Waals surface area contributed by atoms with Crippen molar-refractivity contribution in [2.24, 2.45) is 5.92 Å². The molecule has 2 aromatic heterocycles. The molecular formula is C23H29N3OS. The summed E-state index contributed by atoms with van der Waals surface area (Å²) in [5, 5.41) is 3.16. The lowest BCUT2D eigenvalue weighted by atomic mass is 10.0. The highest BCUT2D eigenvalue weighted by atomic mass is 32.2. The van der Waals surface area contributed by atoms with Crippen LogP contribution in [0.5, 0.6) is 0 Å². The molecule has 3 rings (SSSR count). The predicted octanol–water partition coefficient (Wildman–Crippen LogP) is 5.57. The Morgan fingerprint density at radius 1 is 1.11 bits per heavy atom. The largest absolute Gasteiger partial charge is 0.350 e. The fourth-order valence-corrected chi connectivity index (χ4v) is 4.13. The fourth-order valence-electron chi connectivity index (χ4n) is 3.19. The minimum Gasteiger partial charge on any atom is -0.350 e. The van der Waals surface area contributed by atoms with Crippen molar-refractivity contribution in [3.63, 3.8) is 0 Å². The van der Waals surface area contributed by atoms with E-state index < -0.39 is 0 Å². The van der Waals surface area contributed by atoms with Gasteiger partial charge in [0.2, 0.25) is 0 Å². The van der Waals surface area contributed by atoms with Crippen molar-refractivity contribution in [3.05, 3.63) is 66.1 Å². The molecule has 0 radical (unpaired) electrons. The lowest BCUT2D eigenvalue weighted by molar-refractivity contribution is 0.0935. The predicted molar refractivity (Wildman–Crippen MR) is 117 cm³/mol. The fraction of sp³-hybridized carbons (Fsp3) is 0.391. The smallest absolute Gasteiger partial charge is 0.252 e. The molecule has 1 aromatic carbocycles. The van der Waals surface area contributed by atoms with E-state index in [0.29, 0.717) is 5.92 Å². The maximum Gasteiger partial charge on any atom is 0.252 e. The lowest BCUT2D eigenvalue weighted by Gasteiger charge is -2.16. The Kier molecular flexibility index (Phi) is 7.15. The number of nitrogens with one attached hydrogen (secondary N) is 1. The molecular weight excluding hydrogens is 366 g/mol. The second kappa shape index (κ2) is 9.78. The topological polar surface area (TPSA) is 46.4 Å². The highest BCUT2D eigenvalue weighted by Crippen LogP contribution is 2.26. The summed E-state index contributed by atoms with van der Waals surface area (Å²) in [5.74, 6) is 1.45. The molecule has 148 valence electrons. The SMILES string of the molecule is CC(C)CCCC(C)NC(=O)c1ccccc1SCc1cn2ccccc2n1. The summed E-state index contributed by atoms with van der Waals surface area (Å²) in [6, 6.07) is 14.0. The minimum absolute atomic E-state index is 0.00940. The number of carbonyl (C=O) groups is 1. The zero-order valence-electron chi connectivity index (χ0n) is 16.9. The van der Waals surface area contributed by atoms with Crippen LogP contribution < -0.4 is 5.32 Å². The number of fused-ring (bicyclic) bond motifs is 1. The van der Waals surface area contributed by atoms with Gasteiger partial charge in [0, 0.05) is 29.1 Å². The van der Waals surface area contributed by atoms with Gasteiger partial charge in [-0.25, -0.2) is 4.98 Å². The van der Waals surface area contributed by atoms with Crippen LogP contribution in [0.25, 0.3) is 5.65 Å². The van der Waals surface area contributed by atoms with E-state index in [1.165, 1.54) is 6.42 Å². The van der Waals surface area contributed by atoms with E-state index in [1.54, 1.807) is 11.8 Å². The molecule has 1 atom stereocenters. The Hall–Kier alpha value is -2.27. The van der Waals surface area contributed by atoms with Crippen molar-refractivity contribution >= 4 is 23.3 Å². The second-order valence-electron chi connectivity index (χ2n) is 7.68. The summed E-state index contributed by atoms with van der Waals surface area (Å²) in [5.41, 5.74) is 2.69. The summed E-state index contributed by atoms with van der Waals surface area (Å²) < 4.78 is 2.02. The maximum atomic E-state index is 12.8. The number of nitrogens with zero attached hydrogens (tertiary/aromatic N) is 2. The first-order chi connectivity index (χ1) is 13.5. The average Bonchev–Trinajstić information content (AvgIpc) is 3.09. The summed E-state index contributed by atoms with van der Waals surface area (Å²) >= 11 is 1.66. The van der Waals surface area contributed by atoms with E-state index >= 15 is 0 Å². The summed E-state index contributed by atoms with van der Waals surface area (Å²) in [6.45, 7) is 6.56. The van der Waals surface area contributed by atoms with Crippen molar-refractivity contribution in [1.82, 2.24) is 14.7 Å². The first kappa shape index (κ1) is 20.5. The average molecular weight is 396 g/mol. The number of thioether (sulfide) groups is 1. The first-order valence-electron chi connectivity index (χ1n) is 9.98. The number of aromatic nitrogens is 2. The standard InChI is InChI=1S/C23H29N3OS/c1-17(2)9-8-10-18(3)24-23(27)20-11-4-5-12-21(20)28-16-19-15-26-14-7-6-13-22(26)25-19/h4-7,11-15,17-18H,8-10,16H2,1-3H3,(H,24,27). The van der Waals surface area contributed by atoms with Crippen LogP contribution in [-0.2, 0) is 5.75 Å².